The lowest BCUT2D eigenvalue weighted by Crippen LogP contribution is -2.19. The van der Waals surface area contributed by atoms with Gasteiger partial charge in [0.15, 0.2) is 6.61 Å². The van der Waals surface area contributed by atoms with E-state index in [0.29, 0.717) is 40.3 Å². The van der Waals surface area contributed by atoms with E-state index in [1.807, 2.05) is 37.3 Å². The van der Waals surface area contributed by atoms with Gasteiger partial charge < -0.3 is 24.8 Å². The molecule has 2 N–H and O–H groups in total. The molecule has 0 bridgehead atoms. The van der Waals surface area contributed by atoms with Gasteiger partial charge in [0.25, 0.3) is 0 Å². The molecule has 0 unspecified atom stereocenters. The molecule has 0 radical (unpaired) electrons. The van der Waals surface area contributed by atoms with Crippen LogP contribution in [-0.4, -0.2) is 36.8 Å². The van der Waals surface area contributed by atoms with E-state index in [4.69, 9.17) is 19.2 Å². The third-order valence-electron chi connectivity index (χ3n) is 5.17. The SMILES string of the molecule is CCOC(=O)COc1cc(-c2ccccc2)nc2ccc(NC(=O)Nc3ccc(OCC)cc3)cc12. The number of aromatic nitrogens is 1. The molecular formula is C28H27N3O5. The maximum Gasteiger partial charge on any atom is 0.344 e. The van der Waals surface area contributed by atoms with Crippen molar-refractivity contribution in [2.24, 2.45) is 0 Å². The third kappa shape index (κ3) is 6.29. The van der Waals surface area contributed by atoms with Crippen LogP contribution in [0.1, 0.15) is 13.8 Å². The Morgan fingerprint density at radius 2 is 1.53 bits per heavy atom. The molecule has 36 heavy (non-hydrogen) atoms. The Labute approximate surface area is 209 Å². The molecule has 0 spiro atoms. The molecule has 1 heterocycles. The zero-order valence-corrected chi connectivity index (χ0v) is 20.1. The zero-order valence-electron chi connectivity index (χ0n) is 20.1. The molecule has 8 heteroatoms. The largest absolute Gasteiger partial charge is 0.494 e. The Morgan fingerprint density at radius 1 is 0.806 bits per heavy atom. The van der Waals surface area contributed by atoms with Crippen LogP contribution in [0.15, 0.2) is 78.9 Å². The quantitative estimate of drug-likeness (QED) is 0.287. The minimum Gasteiger partial charge on any atom is -0.494 e. The van der Waals surface area contributed by atoms with Crippen molar-refractivity contribution in [1.82, 2.24) is 4.98 Å². The second-order valence-electron chi connectivity index (χ2n) is 7.73. The fourth-order valence-electron chi connectivity index (χ4n) is 3.58. The summed E-state index contributed by atoms with van der Waals surface area (Å²) in [5, 5.41) is 6.27. The van der Waals surface area contributed by atoms with Crippen molar-refractivity contribution in [3.63, 3.8) is 0 Å². The first kappa shape index (κ1) is 24.5. The molecule has 3 aromatic carbocycles. The Hall–Kier alpha value is -4.59. The van der Waals surface area contributed by atoms with Crippen molar-refractivity contribution in [2.75, 3.05) is 30.5 Å². The average Bonchev–Trinajstić information content (AvgIpc) is 2.89. The molecule has 0 fully saturated rings. The van der Waals surface area contributed by atoms with Gasteiger partial charge in [0.2, 0.25) is 0 Å². The van der Waals surface area contributed by atoms with E-state index < -0.39 is 12.0 Å². The van der Waals surface area contributed by atoms with E-state index in [1.165, 1.54) is 0 Å². The number of carbonyl (C=O) groups excluding carboxylic acids is 2. The number of fused-ring (bicyclic) bond motifs is 1. The number of ether oxygens (including phenoxy) is 3. The van der Waals surface area contributed by atoms with Gasteiger partial charge in [-0.05, 0) is 56.3 Å². The second-order valence-corrected chi connectivity index (χ2v) is 7.73. The first-order chi connectivity index (χ1) is 17.6. The molecule has 8 nitrogen and oxygen atoms in total. The van der Waals surface area contributed by atoms with Crippen LogP contribution in [0, 0.1) is 0 Å². The maximum absolute atomic E-state index is 12.6. The van der Waals surface area contributed by atoms with Crippen molar-refractivity contribution < 1.29 is 23.8 Å². The summed E-state index contributed by atoms with van der Waals surface area (Å²) in [4.78, 5) is 29.2. The first-order valence-electron chi connectivity index (χ1n) is 11.6. The van der Waals surface area contributed by atoms with E-state index in [-0.39, 0.29) is 13.2 Å². The van der Waals surface area contributed by atoms with E-state index in [9.17, 15) is 9.59 Å². The lowest BCUT2D eigenvalue weighted by Gasteiger charge is -2.13. The Bertz CT molecular complexity index is 1340. The van der Waals surface area contributed by atoms with Gasteiger partial charge in [0.05, 0.1) is 24.4 Å². The van der Waals surface area contributed by atoms with Crippen LogP contribution in [0.4, 0.5) is 16.2 Å². The van der Waals surface area contributed by atoms with Crippen LogP contribution >= 0.6 is 0 Å². The fraction of sp³-hybridized carbons (Fsp3) is 0.179. The smallest absolute Gasteiger partial charge is 0.344 e. The molecule has 4 aromatic rings. The molecule has 0 saturated heterocycles. The minimum absolute atomic E-state index is 0.239. The summed E-state index contributed by atoms with van der Waals surface area (Å²) in [7, 11) is 0. The highest BCUT2D eigenvalue weighted by molar-refractivity contribution is 6.01. The molecule has 4 rings (SSSR count). The third-order valence-corrected chi connectivity index (χ3v) is 5.17. The molecule has 0 aliphatic heterocycles. The second kappa shape index (κ2) is 11.7. The van der Waals surface area contributed by atoms with Crippen molar-refractivity contribution in [2.45, 2.75) is 13.8 Å². The van der Waals surface area contributed by atoms with Crippen molar-refractivity contribution in [1.29, 1.82) is 0 Å². The lowest BCUT2D eigenvalue weighted by molar-refractivity contribution is -0.145. The predicted molar refractivity (Wildman–Crippen MR) is 140 cm³/mol. The predicted octanol–water partition coefficient (Wildman–Crippen LogP) is 5.89. The normalized spacial score (nSPS) is 10.5. The number of nitrogens with zero attached hydrogens (tertiary/aromatic N) is 1. The molecule has 184 valence electrons. The number of hydrogen-bond acceptors (Lipinski definition) is 6. The standard InChI is InChI=1S/C28H27N3O5/c1-3-34-22-13-10-20(11-14-22)29-28(33)30-21-12-15-24-23(16-21)26(36-18-27(32)35-4-2)17-25(31-24)19-8-6-5-7-9-19/h5-17H,3-4,18H2,1-2H3,(H2,29,30,33). The summed E-state index contributed by atoms with van der Waals surface area (Å²) < 4.78 is 16.2. The van der Waals surface area contributed by atoms with E-state index in [0.717, 1.165) is 11.3 Å². The Morgan fingerprint density at radius 3 is 2.25 bits per heavy atom. The molecule has 0 aliphatic rings. The number of amides is 2. The van der Waals surface area contributed by atoms with Crippen molar-refractivity contribution >= 4 is 34.3 Å². The Kier molecular flexibility index (Phi) is 7.97. The summed E-state index contributed by atoms with van der Waals surface area (Å²) in [6.07, 6.45) is 0. The van der Waals surface area contributed by atoms with E-state index in [2.05, 4.69) is 10.6 Å². The summed E-state index contributed by atoms with van der Waals surface area (Å²) in [5.74, 6) is 0.728. The maximum atomic E-state index is 12.6. The van der Waals surface area contributed by atoms with Crippen LogP contribution in [0.5, 0.6) is 11.5 Å². The highest BCUT2D eigenvalue weighted by Gasteiger charge is 2.13. The van der Waals surface area contributed by atoms with Gasteiger partial charge in [-0.25, -0.2) is 14.6 Å². The van der Waals surface area contributed by atoms with Crippen LogP contribution in [0.25, 0.3) is 22.2 Å². The van der Waals surface area contributed by atoms with Crippen LogP contribution in [0.3, 0.4) is 0 Å². The molecule has 0 saturated carbocycles. The molecule has 0 atom stereocenters. The first-order valence-corrected chi connectivity index (χ1v) is 11.6. The number of benzene rings is 3. The summed E-state index contributed by atoms with van der Waals surface area (Å²) in [5.41, 5.74) is 3.45. The van der Waals surface area contributed by atoms with Gasteiger partial charge in [0.1, 0.15) is 11.5 Å². The fourth-order valence-corrected chi connectivity index (χ4v) is 3.58. The average molecular weight is 486 g/mol. The zero-order chi connectivity index (χ0) is 25.3. The Balaban J connectivity index is 1.57. The van der Waals surface area contributed by atoms with Crippen LogP contribution in [-0.2, 0) is 9.53 Å². The van der Waals surface area contributed by atoms with Gasteiger partial charge in [-0.1, -0.05) is 30.3 Å². The van der Waals surface area contributed by atoms with E-state index >= 15 is 0 Å². The summed E-state index contributed by atoms with van der Waals surface area (Å²) in [6, 6.07) is 23.5. The number of hydrogen-bond donors (Lipinski definition) is 2. The number of rotatable bonds is 9. The van der Waals surface area contributed by atoms with E-state index in [1.54, 1.807) is 55.5 Å². The topological polar surface area (TPSA) is 98.8 Å². The number of anilines is 2. The highest BCUT2D eigenvalue weighted by atomic mass is 16.6. The minimum atomic E-state index is -0.465. The van der Waals surface area contributed by atoms with Crippen LogP contribution < -0.4 is 20.1 Å². The monoisotopic (exact) mass is 485 g/mol. The summed E-state index contributed by atoms with van der Waals surface area (Å²) in [6.45, 7) is 4.25. The number of carbonyl (C=O) groups is 2. The number of pyridine rings is 1. The van der Waals surface area contributed by atoms with Gasteiger partial charge >= 0.3 is 12.0 Å². The molecule has 1 aromatic heterocycles. The number of urea groups is 1. The number of esters is 1. The number of nitrogens with one attached hydrogen (secondary N) is 2. The van der Waals surface area contributed by atoms with Gasteiger partial charge in [0, 0.05) is 28.4 Å². The van der Waals surface area contributed by atoms with Crippen LogP contribution in [0.2, 0.25) is 0 Å². The van der Waals surface area contributed by atoms with Gasteiger partial charge in [-0.3, -0.25) is 0 Å². The molecule has 2 amide bonds. The molecule has 0 aliphatic carbocycles. The molecular weight excluding hydrogens is 458 g/mol. The lowest BCUT2D eigenvalue weighted by atomic mass is 10.1. The van der Waals surface area contributed by atoms with Gasteiger partial charge in [-0.2, -0.15) is 0 Å². The van der Waals surface area contributed by atoms with Gasteiger partial charge in [-0.15, -0.1) is 0 Å². The summed E-state index contributed by atoms with van der Waals surface area (Å²) >= 11 is 0. The van der Waals surface area contributed by atoms with Crippen molar-refractivity contribution in [3.05, 3.63) is 78.9 Å². The highest BCUT2D eigenvalue weighted by Crippen LogP contribution is 2.32. The van der Waals surface area contributed by atoms with Crippen molar-refractivity contribution in [3.8, 4) is 22.8 Å².